The van der Waals surface area contributed by atoms with Gasteiger partial charge in [0.1, 0.15) is 0 Å². The molecule has 0 fully saturated rings. The predicted molar refractivity (Wildman–Crippen MR) is 160 cm³/mol. The van der Waals surface area contributed by atoms with Crippen LogP contribution in [0.4, 0.5) is 0 Å². The van der Waals surface area contributed by atoms with E-state index in [0.717, 1.165) is 0 Å². The van der Waals surface area contributed by atoms with Crippen LogP contribution in [0.15, 0.2) is 133 Å². The minimum atomic E-state index is 0.261. The molecule has 3 aliphatic rings. The molecule has 176 valence electrons. The van der Waals surface area contributed by atoms with Gasteiger partial charge in [-0.2, -0.15) is 0 Å². The third kappa shape index (κ3) is 2.50. The molecular weight excluding hydrogens is 456 g/mol. The van der Waals surface area contributed by atoms with Crippen LogP contribution in [0.1, 0.15) is 45.2 Å². The van der Waals surface area contributed by atoms with Crippen LogP contribution in [0, 0.1) is 0 Å². The fourth-order valence-electron chi connectivity index (χ4n) is 7.70. The van der Waals surface area contributed by atoms with Crippen LogP contribution in [0.5, 0.6) is 0 Å². The first-order valence-electron chi connectivity index (χ1n) is 13.5. The molecular formula is C38H24. The topological polar surface area (TPSA) is 0 Å². The van der Waals surface area contributed by atoms with Crippen molar-refractivity contribution in [2.45, 2.75) is 11.8 Å². The van der Waals surface area contributed by atoms with Gasteiger partial charge in [-0.15, -0.1) is 0 Å². The monoisotopic (exact) mass is 480 g/mol. The molecule has 0 amide bonds. The fraction of sp³-hybridized carbons (Fsp3) is 0.0526. The molecule has 0 spiro atoms. The van der Waals surface area contributed by atoms with Gasteiger partial charge in [0.05, 0.1) is 0 Å². The fourth-order valence-corrected chi connectivity index (χ4v) is 7.70. The molecule has 9 rings (SSSR count). The highest BCUT2D eigenvalue weighted by Crippen LogP contribution is 2.67. The Morgan fingerprint density at radius 2 is 0.763 bits per heavy atom. The van der Waals surface area contributed by atoms with Gasteiger partial charge in [0.25, 0.3) is 0 Å². The second-order valence-electron chi connectivity index (χ2n) is 10.8. The first-order chi connectivity index (χ1) is 18.9. The van der Waals surface area contributed by atoms with Crippen molar-refractivity contribution < 1.29 is 0 Å². The molecule has 0 heteroatoms. The predicted octanol–water partition coefficient (Wildman–Crippen LogP) is 9.72. The molecule has 0 heterocycles. The van der Waals surface area contributed by atoms with Gasteiger partial charge in [0.2, 0.25) is 0 Å². The van der Waals surface area contributed by atoms with Gasteiger partial charge in [-0.05, 0) is 77.2 Å². The van der Waals surface area contributed by atoms with E-state index in [9.17, 15) is 0 Å². The minimum absolute atomic E-state index is 0.261. The smallest absolute Gasteiger partial charge is 0.0218 e. The summed E-state index contributed by atoms with van der Waals surface area (Å²) in [6, 6.07) is 49.8. The zero-order valence-electron chi connectivity index (χ0n) is 20.9. The Balaban J connectivity index is 1.53. The molecule has 0 nitrogen and oxygen atoms in total. The first kappa shape index (κ1) is 20.4. The summed E-state index contributed by atoms with van der Waals surface area (Å²) < 4.78 is 0. The van der Waals surface area contributed by atoms with Crippen LogP contribution in [0.3, 0.4) is 0 Å². The number of allylic oxidation sites excluding steroid dienone is 4. The molecule has 0 aromatic heterocycles. The zero-order valence-corrected chi connectivity index (χ0v) is 20.9. The third-order valence-corrected chi connectivity index (χ3v) is 9.00. The molecule has 0 saturated carbocycles. The number of hydrogen-bond donors (Lipinski definition) is 0. The Morgan fingerprint density at radius 1 is 0.342 bits per heavy atom. The highest BCUT2D eigenvalue weighted by molar-refractivity contribution is 6.35. The average Bonchev–Trinajstić information content (AvgIpc) is 3.49. The van der Waals surface area contributed by atoms with E-state index in [1.54, 1.807) is 0 Å². The SMILES string of the molecule is c1ccc(C2=C3C(=C(c4ccccc4)C4c5cccc6cccc(c56)C24)c2cccc4cccc3c24)cc1. The minimum Gasteiger partial charge on any atom is -0.0622 e. The lowest BCUT2D eigenvalue weighted by atomic mass is 9.66. The van der Waals surface area contributed by atoms with Crippen LogP contribution < -0.4 is 0 Å². The van der Waals surface area contributed by atoms with Crippen molar-refractivity contribution in [1.82, 2.24) is 0 Å². The van der Waals surface area contributed by atoms with E-state index < -0.39 is 0 Å². The van der Waals surface area contributed by atoms with Gasteiger partial charge >= 0.3 is 0 Å². The van der Waals surface area contributed by atoms with E-state index in [4.69, 9.17) is 0 Å². The highest BCUT2D eigenvalue weighted by Gasteiger charge is 2.47. The molecule has 0 bridgehead atoms. The van der Waals surface area contributed by atoms with Crippen LogP contribution in [-0.4, -0.2) is 0 Å². The molecule has 6 aromatic rings. The van der Waals surface area contributed by atoms with Crippen LogP contribution >= 0.6 is 0 Å². The summed E-state index contributed by atoms with van der Waals surface area (Å²) in [5.74, 6) is 0.522. The van der Waals surface area contributed by atoms with Gasteiger partial charge in [-0.1, -0.05) is 133 Å². The Labute approximate surface area is 222 Å². The summed E-state index contributed by atoms with van der Waals surface area (Å²) in [5.41, 5.74) is 14.1. The Kier molecular flexibility index (Phi) is 3.99. The molecule has 38 heavy (non-hydrogen) atoms. The van der Waals surface area contributed by atoms with E-state index in [2.05, 4.69) is 133 Å². The van der Waals surface area contributed by atoms with Crippen molar-refractivity contribution in [1.29, 1.82) is 0 Å². The summed E-state index contributed by atoms with van der Waals surface area (Å²) in [4.78, 5) is 0. The van der Waals surface area contributed by atoms with E-state index in [-0.39, 0.29) is 11.8 Å². The molecule has 2 unspecified atom stereocenters. The van der Waals surface area contributed by atoms with E-state index >= 15 is 0 Å². The molecule has 3 aliphatic carbocycles. The summed E-state index contributed by atoms with van der Waals surface area (Å²) in [7, 11) is 0. The lowest BCUT2D eigenvalue weighted by molar-refractivity contribution is 0.808. The highest BCUT2D eigenvalue weighted by atomic mass is 14.5. The van der Waals surface area contributed by atoms with Gasteiger partial charge < -0.3 is 0 Å². The van der Waals surface area contributed by atoms with Gasteiger partial charge in [-0.25, -0.2) is 0 Å². The number of hydrogen-bond acceptors (Lipinski definition) is 0. The molecule has 0 radical (unpaired) electrons. The van der Waals surface area contributed by atoms with Crippen LogP contribution in [0.2, 0.25) is 0 Å². The number of rotatable bonds is 2. The maximum atomic E-state index is 2.39. The Morgan fingerprint density at radius 3 is 1.24 bits per heavy atom. The quantitative estimate of drug-likeness (QED) is 0.231. The zero-order chi connectivity index (χ0) is 24.8. The van der Waals surface area contributed by atoms with Gasteiger partial charge in [0.15, 0.2) is 0 Å². The van der Waals surface area contributed by atoms with Crippen molar-refractivity contribution in [3.05, 3.63) is 167 Å². The molecule has 0 saturated heterocycles. The standard InChI is InChI=1S/C38H24/c1-3-11-25(12-4-1)33-35-27-19-7-15-23-17-9-21-29(31(23)27)37(35)34(26-13-5-2-6-14-26)38-30-22-10-18-24-16-8-20-28(32(24)30)36(33)38/h1-22,35,37H. The molecule has 0 aliphatic heterocycles. The number of benzene rings is 6. The van der Waals surface area contributed by atoms with Gasteiger partial charge in [0, 0.05) is 11.8 Å². The third-order valence-electron chi connectivity index (χ3n) is 9.00. The van der Waals surface area contributed by atoms with E-state index in [1.165, 1.54) is 77.2 Å². The summed E-state index contributed by atoms with van der Waals surface area (Å²) in [5, 5.41) is 5.51. The average molecular weight is 481 g/mol. The molecule has 6 aromatic carbocycles. The second-order valence-corrected chi connectivity index (χ2v) is 10.8. The lowest BCUT2D eigenvalue weighted by Crippen LogP contribution is -2.17. The first-order valence-corrected chi connectivity index (χ1v) is 13.5. The maximum absolute atomic E-state index is 2.39. The van der Waals surface area contributed by atoms with Crippen molar-refractivity contribution >= 4 is 43.8 Å². The van der Waals surface area contributed by atoms with Crippen molar-refractivity contribution in [2.24, 2.45) is 0 Å². The van der Waals surface area contributed by atoms with Crippen LogP contribution in [0.25, 0.3) is 43.8 Å². The largest absolute Gasteiger partial charge is 0.0622 e. The number of fused-ring (bicyclic) bond motifs is 6. The summed E-state index contributed by atoms with van der Waals surface area (Å²) >= 11 is 0. The second kappa shape index (κ2) is 7.43. The summed E-state index contributed by atoms with van der Waals surface area (Å²) in [6.45, 7) is 0. The summed E-state index contributed by atoms with van der Waals surface area (Å²) in [6.07, 6.45) is 0. The molecule has 0 N–H and O–H groups in total. The molecule has 2 atom stereocenters. The van der Waals surface area contributed by atoms with Crippen LogP contribution in [-0.2, 0) is 0 Å². The van der Waals surface area contributed by atoms with Crippen molar-refractivity contribution in [3.8, 4) is 0 Å². The lowest BCUT2D eigenvalue weighted by Gasteiger charge is -2.36. The van der Waals surface area contributed by atoms with E-state index in [1.807, 2.05) is 0 Å². The van der Waals surface area contributed by atoms with Crippen molar-refractivity contribution in [2.75, 3.05) is 0 Å². The van der Waals surface area contributed by atoms with Gasteiger partial charge in [-0.3, -0.25) is 0 Å². The Hall–Kier alpha value is -4.68. The normalized spacial score (nSPS) is 18.8. The van der Waals surface area contributed by atoms with E-state index in [0.29, 0.717) is 0 Å². The van der Waals surface area contributed by atoms with Crippen molar-refractivity contribution in [3.63, 3.8) is 0 Å². The maximum Gasteiger partial charge on any atom is 0.0218 e. The Bertz CT molecular complexity index is 1870.